The Balaban J connectivity index is 0.850. The summed E-state index contributed by atoms with van der Waals surface area (Å²) >= 11 is 0. The summed E-state index contributed by atoms with van der Waals surface area (Å²) in [7, 11) is 0. The number of para-hydroxylation sites is 4. The highest BCUT2D eigenvalue weighted by molar-refractivity contribution is 6.93. The van der Waals surface area contributed by atoms with Gasteiger partial charge in [0.15, 0.2) is 0 Å². The van der Waals surface area contributed by atoms with Crippen molar-refractivity contribution in [3.05, 3.63) is 212 Å². The van der Waals surface area contributed by atoms with E-state index in [1.807, 2.05) is 0 Å². The van der Waals surface area contributed by atoms with Crippen LogP contribution in [0.2, 0.25) is 0 Å². The molecule has 0 spiro atoms. The van der Waals surface area contributed by atoms with Gasteiger partial charge in [-0.25, -0.2) is 0 Å². The molecule has 0 saturated heterocycles. The van der Waals surface area contributed by atoms with Crippen LogP contribution in [-0.2, 0) is 0 Å². The standard InChI is InChI=1S/C64H35B2N3/c1-2-16-40-38(13-1)35-52-41-17-3-6-26-53(41)65-62(52)58(40)50-25-12-24-48-51-34-37(29-31-56(51)68(65)64(48)50)36-14-9-15-39(33-36)67-54-27-7-5-19-49(54)59-57(67)32-30-45-43-20-10-21-44-47-23-11-22-46-42-18-4-8-28-55(42)69(63(46)47)66(60(43)44)61(45)59/h1-35H. The van der Waals surface area contributed by atoms with Gasteiger partial charge < -0.3 is 13.5 Å². The number of fused-ring (bicyclic) bond motifs is 22. The van der Waals surface area contributed by atoms with Crippen molar-refractivity contribution in [1.29, 1.82) is 0 Å². The van der Waals surface area contributed by atoms with Crippen molar-refractivity contribution in [2.75, 3.05) is 0 Å². The first-order valence-electron chi connectivity index (χ1n) is 24.3. The van der Waals surface area contributed by atoms with Crippen molar-refractivity contribution in [3.63, 3.8) is 0 Å². The summed E-state index contributed by atoms with van der Waals surface area (Å²) in [5, 5.41) is 10.5. The molecular formula is C64H35B2N3. The molecule has 5 heteroatoms. The monoisotopic (exact) mass is 867 g/mol. The van der Waals surface area contributed by atoms with Gasteiger partial charge >= 0.3 is 13.7 Å². The Morgan fingerprint density at radius 3 is 1.83 bits per heavy atom. The molecule has 0 aliphatic carbocycles. The molecular weight excluding hydrogens is 832 g/mol. The van der Waals surface area contributed by atoms with Crippen molar-refractivity contribution in [1.82, 2.24) is 13.5 Å². The molecule has 11 aromatic carbocycles. The molecule has 18 rings (SSSR count). The lowest BCUT2D eigenvalue weighted by Crippen LogP contribution is -2.48. The van der Waals surface area contributed by atoms with Crippen LogP contribution in [0.3, 0.4) is 0 Å². The molecule has 0 fully saturated rings. The lowest BCUT2D eigenvalue weighted by molar-refractivity contribution is 1.18. The molecule has 312 valence electrons. The van der Waals surface area contributed by atoms with Crippen LogP contribution in [-0.4, -0.2) is 27.2 Å². The van der Waals surface area contributed by atoms with E-state index in [2.05, 4.69) is 226 Å². The minimum absolute atomic E-state index is 0.0546. The van der Waals surface area contributed by atoms with Crippen LogP contribution in [0.1, 0.15) is 0 Å². The predicted octanol–water partition coefficient (Wildman–Crippen LogP) is 13.0. The van der Waals surface area contributed by atoms with Crippen LogP contribution < -0.4 is 21.9 Å². The molecule has 3 nitrogen and oxygen atoms in total. The topological polar surface area (TPSA) is 14.8 Å². The summed E-state index contributed by atoms with van der Waals surface area (Å²) in [4.78, 5) is 0. The molecule has 3 aromatic heterocycles. The quantitative estimate of drug-likeness (QED) is 0.154. The fourth-order valence-corrected chi connectivity index (χ4v) is 14.3. The Morgan fingerprint density at radius 1 is 0.304 bits per heavy atom. The van der Waals surface area contributed by atoms with Gasteiger partial charge in [0.05, 0.1) is 11.0 Å². The molecule has 0 atom stereocenters. The highest BCUT2D eigenvalue weighted by atomic mass is 15.0. The zero-order valence-corrected chi connectivity index (χ0v) is 37.2. The van der Waals surface area contributed by atoms with Crippen LogP contribution in [0, 0.1) is 0 Å². The lowest BCUT2D eigenvalue weighted by Gasteiger charge is -2.26. The molecule has 4 aliphatic heterocycles. The third-order valence-corrected chi connectivity index (χ3v) is 16.8. The van der Waals surface area contributed by atoms with E-state index >= 15 is 0 Å². The Labute approximate surface area is 396 Å². The molecule has 0 amide bonds. The maximum Gasteiger partial charge on any atom is 0.330 e. The second kappa shape index (κ2) is 12.2. The summed E-state index contributed by atoms with van der Waals surface area (Å²) in [6.07, 6.45) is 0. The van der Waals surface area contributed by atoms with Gasteiger partial charge in [0, 0.05) is 71.2 Å². The average molecular weight is 868 g/mol. The third kappa shape index (κ3) is 4.11. The van der Waals surface area contributed by atoms with Crippen molar-refractivity contribution < 1.29 is 0 Å². The van der Waals surface area contributed by atoms with E-state index in [1.54, 1.807) is 0 Å². The highest BCUT2D eigenvalue weighted by Crippen LogP contribution is 2.48. The van der Waals surface area contributed by atoms with Gasteiger partial charge in [-0.1, -0.05) is 164 Å². The average Bonchev–Trinajstić information content (AvgIpc) is 4.20. The Bertz CT molecular complexity index is 4750. The first-order chi connectivity index (χ1) is 34.3. The zero-order valence-electron chi connectivity index (χ0n) is 37.2. The molecule has 14 aromatic rings. The predicted molar refractivity (Wildman–Crippen MR) is 292 cm³/mol. The molecule has 0 bridgehead atoms. The number of benzene rings is 11. The number of aromatic nitrogens is 3. The molecule has 0 unspecified atom stereocenters. The number of nitrogens with zero attached hydrogens (tertiary/aromatic N) is 3. The van der Waals surface area contributed by atoms with Crippen molar-refractivity contribution >= 4 is 112 Å². The molecule has 4 aliphatic rings. The van der Waals surface area contributed by atoms with E-state index < -0.39 is 0 Å². The molecule has 7 heterocycles. The smallest absolute Gasteiger partial charge is 0.330 e. The third-order valence-electron chi connectivity index (χ3n) is 16.8. The maximum absolute atomic E-state index is 2.67. The van der Waals surface area contributed by atoms with Crippen LogP contribution in [0.4, 0.5) is 0 Å². The highest BCUT2D eigenvalue weighted by Gasteiger charge is 2.44. The zero-order chi connectivity index (χ0) is 44.4. The maximum atomic E-state index is 2.67. The van der Waals surface area contributed by atoms with Gasteiger partial charge in [-0.15, -0.1) is 0 Å². The van der Waals surface area contributed by atoms with E-state index in [1.165, 1.54) is 154 Å². The second-order valence-corrected chi connectivity index (χ2v) is 19.8. The first-order valence-corrected chi connectivity index (χ1v) is 24.3. The Morgan fingerprint density at radius 2 is 0.913 bits per heavy atom. The van der Waals surface area contributed by atoms with Crippen molar-refractivity contribution in [2.45, 2.75) is 0 Å². The fraction of sp³-hybridized carbons (Fsp3) is 0. The van der Waals surface area contributed by atoms with Crippen molar-refractivity contribution in [2.24, 2.45) is 0 Å². The van der Waals surface area contributed by atoms with E-state index in [9.17, 15) is 0 Å². The largest absolute Gasteiger partial charge is 0.375 e. The molecule has 0 N–H and O–H groups in total. The van der Waals surface area contributed by atoms with Gasteiger partial charge in [-0.05, 0) is 126 Å². The van der Waals surface area contributed by atoms with Crippen LogP contribution >= 0.6 is 0 Å². The summed E-state index contributed by atoms with van der Waals surface area (Å²) in [6, 6.07) is 80.7. The van der Waals surface area contributed by atoms with E-state index in [-0.39, 0.29) is 13.7 Å². The second-order valence-electron chi connectivity index (χ2n) is 19.8. The number of rotatable bonds is 2. The molecule has 69 heavy (non-hydrogen) atoms. The minimum atomic E-state index is 0.0546. The van der Waals surface area contributed by atoms with Crippen molar-refractivity contribution in [3.8, 4) is 61.3 Å². The van der Waals surface area contributed by atoms with Gasteiger partial charge in [0.2, 0.25) is 0 Å². The Hall–Kier alpha value is -8.79. The number of hydrogen-bond donors (Lipinski definition) is 0. The van der Waals surface area contributed by atoms with Crippen LogP contribution in [0.25, 0.3) is 138 Å². The lowest BCUT2D eigenvalue weighted by atomic mass is 9.49. The van der Waals surface area contributed by atoms with Gasteiger partial charge in [0.1, 0.15) is 0 Å². The summed E-state index contributed by atoms with van der Waals surface area (Å²) in [6.45, 7) is 0.167. The van der Waals surface area contributed by atoms with Gasteiger partial charge in [-0.3, -0.25) is 0 Å². The number of hydrogen-bond acceptors (Lipinski definition) is 0. The molecule has 0 saturated carbocycles. The SMILES string of the molecule is c1cc(-c2ccc3c(c2)c2cccc4c2n3B2c3ccccc3-c3cc5ccccc5c-4c32)cc(-n2c3ccccc3c3c4c(ccc32)-c2cccc3c2B4n2c4ccccc4c4cccc-3c42)c1. The first kappa shape index (κ1) is 35.4. The van der Waals surface area contributed by atoms with Gasteiger partial charge in [-0.2, -0.15) is 0 Å². The summed E-state index contributed by atoms with van der Waals surface area (Å²) < 4.78 is 7.86. The van der Waals surface area contributed by atoms with Crippen LogP contribution in [0.15, 0.2) is 212 Å². The van der Waals surface area contributed by atoms with Gasteiger partial charge in [0.25, 0.3) is 0 Å². The summed E-state index contributed by atoms with van der Waals surface area (Å²) in [5.74, 6) is 0. The van der Waals surface area contributed by atoms with E-state index in [0.717, 1.165) is 5.69 Å². The normalized spacial score (nSPS) is 13.4. The van der Waals surface area contributed by atoms with E-state index in [0.29, 0.717) is 0 Å². The Kier molecular flexibility index (Phi) is 6.26. The molecule has 0 radical (unpaired) electrons. The minimum Gasteiger partial charge on any atom is -0.375 e. The van der Waals surface area contributed by atoms with E-state index in [4.69, 9.17) is 0 Å². The summed E-state index contributed by atoms with van der Waals surface area (Å²) in [5.41, 5.74) is 27.8. The van der Waals surface area contributed by atoms with Crippen LogP contribution in [0.5, 0.6) is 0 Å². The fourth-order valence-electron chi connectivity index (χ4n) is 14.3.